The standard InChI is InChI=1S/C11H17N3O5S/c1-8(7-19-2)6-13-20(17,18)11-5-9(14(15)16)3-4-10(11)12/h3-5,8,13H,6-7,12H2,1-2H3. The van der Waals surface area contributed by atoms with Gasteiger partial charge in [-0.05, 0) is 12.0 Å². The van der Waals surface area contributed by atoms with Crippen molar-refractivity contribution in [1.82, 2.24) is 4.72 Å². The van der Waals surface area contributed by atoms with Gasteiger partial charge in [0, 0.05) is 32.4 Å². The first-order chi connectivity index (χ1) is 9.27. The van der Waals surface area contributed by atoms with Gasteiger partial charge in [0.2, 0.25) is 10.0 Å². The van der Waals surface area contributed by atoms with E-state index in [9.17, 15) is 18.5 Å². The number of benzene rings is 1. The molecule has 1 aromatic rings. The fraction of sp³-hybridized carbons (Fsp3) is 0.455. The van der Waals surface area contributed by atoms with Crippen LogP contribution >= 0.6 is 0 Å². The van der Waals surface area contributed by atoms with Crippen LogP contribution in [0.25, 0.3) is 0 Å². The SMILES string of the molecule is COCC(C)CNS(=O)(=O)c1cc([N+](=O)[O-])ccc1N. The molecule has 1 atom stereocenters. The van der Waals surface area contributed by atoms with Crippen LogP contribution in [0.5, 0.6) is 0 Å². The van der Waals surface area contributed by atoms with Crippen LogP contribution in [0.4, 0.5) is 11.4 Å². The van der Waals surface area contributed by atoms with E-state index in [1.165, 1.54) is 13.2 Å². The van der Waals surface area contributed by atoms with Gasteiger partial charge in [-0.15, -0.1) is 0 Å². The number of nitrogen functional groups attached to an aromatic ring is 1. The van der Waals surface area contributed by atoms with Crippen LogP contribution in [0.15, 0.2) is 23.1 Å². The second kappa shape index (κ2) is 6.64. The van der Waals surface area contributed by atoms with E-state index in [1.807, 2.05) is 6.92 Å². The molecule has 0 aliphatic carbocycles. The molecule has 1 rings (SSSR count). The van der Waals surface area contributed by atoms with E-state index >= 15 is 0 Å². The first-order valence-corrected chi connectivity index (χ1v) is 7.28. The largest absolute Gasteiger partial charge is 0.398 e. The number of nitrogens with two attached hydrogens (primary N) is 1. The summed E-state index contributed by atoms with van der Waals surface area (Å²) in [5.41, 5.74) is 5.21. The van der Waals surface area contributed by atoms with Crippen molar-refractivity contribution in [2.45, 2.75) is 11.8 Å². The number of non-ortho nitro benzene ring substituents is 1. The van der Waals surface area contributed by atoms with E-state index in [-0.39, 0.29) is 28.7 Å². The number of methoxy groups -OCH3 is 1. The van der Waals surface area contributed by atoms with Gasteiger partial charge >= 0.3 is 0 Å². The second-order valence-electron chi connectivity index (χ2n) is 4.39. The molecule has 1 aromatic carbocycles. The number of hydrogen-bond acceptors (Lipinski definition) is 6. The Balaban J connectivity index is 2.97. The summed E-state index contributed by atoms with van der Waals surface area (Å²) < 4.78 is 31.4. The molecule has 8 nitrogen and oxygen atoms in total. The molecule has 1 unspecified atom stereocenters. The van der Waals surface area contributed by atoms with Gasteiger partial charge in [0.05, 0.1) is 10.6 Å². The highest BCUT2D eigenvalue weighted by atomic mass is 32.2. The van der Waals surface area contributed by atoms with E-state index < -0.39 is 14.9 Å². The summed E-state index contributed by atoms with van der Waals surface area (Å²) in [7, 11) is -2.38. The molecular formula is C11H17N3O5S. The summed E-state index contributed by atoms with van der Waals surface area (Å²) in [4.78, 5) is 9.71. The van der Waals surface area contributed by atoms with Crippen molar-refractivity contribution < 1.29 is 18.1 Å². The van der Waals surface area contributed by atoms with Crippen LogP contribution < -0.4 is 10.5 Å². The number of nitrogens with one attached hydrogen (secondary N) is 1. The number of rotatable bonds is 7. The molecule has 0 saturated heterocycles. The maximum absolute atomic E-state index is 12.1. The predicted molar refractivity (Wildman–Crippen MR) is 73.7 cm³/mol. The molecule has 0 radical (unpaired) electrons. The fourth-order valence-electron chi connectivity index (χ4n) is 1.54. The van der Waals surface area contributed by atoms with Gasteiger partial charge in [0.1, 0.15) is 4.90 Å². The Kier molecular flexibility index (Phi) is 5.43. The zero-order chi connectivity index (χ0) is 15.3. The molecule has 0 bridgehead atoms. The average Bonchev–Trinajstić information content (AvgIpc) is 2.37. The van der Waals surface area contributed by atoms with Crippen LogP contribution in [0.1, 0.15) is 6.92 Å². The number of nitrogens with zero attached hydrogens (tertiary/aromatic N) is 1. The summed E-state index contributed by atoms with van der Waals surface area (Å²) in [5.74, 6) is -0.0327. The average molecular weight is 303 g/mol. The van der Waals surface area contributed by atoms with E-state index in [0.717, 1.165) is 12.1 Å². The van der Waals surface area contributed by atoms with Crippen molar-refractivity contribution in [3.63, 3.8) is 0 Å². The Bertz CT molecular complexity index is 588. The van der Waals surface area contributed by atoms with E-state index in [0.29, 0.717) is 6.61 Å². The van der Waals surface area contributed by atoms with Gasteiger partial charge in [-0.3, -0.25) is 10.1 Å². The van der Waals surface area contributed by atoms with E-state index in [1.54, 1.807) is 0 Å². The van der Waals surface area contributed by atoms with Crippen LogP contribution in [0.2, 0.25) is 0 Å². The molecule has 3 N–H and O–H groups in total. The van der Waals surface area contributed by atoms with Gasteiger partial charge in [-0.1, -0.05) is 6.92 Å². The number of nitro benzene ring substituents is 1. The quantitative estimate of drug-likeness (QED) is 0.435. The maximum atomic E-state index is 12.1. The van der Waals surface area contributed by atoms with Crippen LogP contribution in [-0.4, -0.2) is 33.6 Å². The van der Waals surface area contributed by atoms with Crippen LogP contribution in [0.3, 0.4) is 0 Å². The lowest BCUT2D eigenvalue weighted by molar-refractivity contribution is -0.385. The lowest BCUT2D eigenvalue weighted by Crippen LogP contribution is -2.30. The highest BCUT2D eigenvalue weighted by molar-refractivity contribution is 7.89. The zero-order valence-electron chi connectivity index (χ0n) is 11.2. The van der Waals surface area contributed by atoms with Gasteiger partial charge < -0.3 is 10.5 Å². The normalized spacial score (nSPS) is 13.1. The number of anilines is 1. The van der Waals surface area contributed by atoms with Crippen molar-refractivity contribution >= 4 is 21.4 Å². The van der Waals surface area contributed by atoms with Crippen LogP contribution in [-0.2, 0) is 14.8 Å². The minimum absolute atomic E-state index is 0.0327. The highest BCUT2D eigenvalue weighted by Gasteiger charge is 2.21. The first kappa shape index (κ1) is 16.3. The van der Waals surface area contributed by atoms with Crippen molar-refractivity contribution in [3.8, 4) is 0 Å². The van der Waals surface area contributed by atoms with Gasteiger partial charge in [-0.25, -0.2) is 13.1 Å². The molecule has 0 aliphatic rings. The Labute approximate surface area is 117 Å². The number of ether oxygens (including phenoxy) is 1. The monoisotopic (exact) mass is 303 g/mol. The molecule has 0 heterocycles. The molecule has 0 amide bonds. The first-order valence-electron chi connectivity index (χ1n) is 5.80. The third-order valence-corrected chi connectivity index (χ3v) is 4.05. The summed E-state index contributed by atoms with van der Waals surface area (Å²) in [6.45, 7) is 2.36. The van der Waals surface area contributed by atoms with Gasteiger partial charge in [-0.2, -0.15) is 0 Å². The number of hydrogen-bond donors (Lipinski definition) is 2. The molecular weight excluding hydrogens is 286 g/mol. The predicted octanol–water partition coefficient (Wildman–Crippen LogP) is 0.738. The molecule has 20 heavy (non-hydrogen) atoms. The molecule has 9 heteroatoms. The second-order valence-corrected chi connectivity index (χ2v) is 6.13. The smallest absolute Gasteiger partial charge is 0.270 e. The van der Waals surface area contributed by atoms with Crippen molar-refractivity contribution in [1.29, 1.82) is 0 Å². The van der Waals surface area contributed by atoms with Gasteiger partial charge in [0.25, 0.3) is 5.69 Å². The zero-order valence-corrected chi connectivity index (χ0v) is 12.0. The number of sulfonamides is 1. The highest BCUT2D eigenvalue weighted by Crippen LogP contribution is 2.23. The Morgan fingerprint density at radius 1 is 1.50 bits per heavy atom. The van der Waals surface area contributed by atoms with E-state index in [2.05, 4.69) is 4.72 Å². The molecule has 0 saturated carbocycles. The van der Waals surface area contributed by atoms with Gasteiger partial charge in [0.15, 0.2) is 0 Å². The summed E-state index contributed by atoms with van der Waals surface area (Å²) >= 11 is 0. The molecule has 0 aliphatic heterocycles. The lowest BCUT2D eigenvalue weighted by Gasteiger charge is -2.13. The topological polar surface area (TPSA) is 125 Å². The van der Waals surface area contributed by atoms with Crippen LogP contribution in [0, 0.1) is 16.0 Å². The Hall–Kier alpha value is -1.71. The Morgan fingerprint density at radius 2 is 2.15 bits per heavy atom. The molecule has 0 spiro atoms. The number of nitro groups is 1. The third kappa shape index (κ3) is 4.15. The van der Waals surface area contributed by atoms with E-state index in [4.69, 9.17) is 10.5 Å². The fourth-order valence-corrected chi connectivity index (χ4v) is 2.86. The Morgan fingerprint density at radius 3 is 2.70 bits per heavy atom. The molecule has 112 valence electrons. The van der Waals surface area contributed by atoms with Crippen molar-refractivity contribution in [2.24, 2.45) is 5.92 Å². The van der Waals surface area contributed by atoms with Crippen molar-refractivity contribution in [3.05, 3.63) is 28.3 Å². The molecule has 0 aromatic heterocycles. The summed E-state index contributed by atoms with van der Waals surface area (Å²) in [5, 5.41) is 10.7. The van der Waals surface area contributed by atoms with Crippen molar-refractivity contribution in [2.75, 3.05) is 26.0 Å². The maximum Gasteiger partial charge on any atom is 0.270 e. The minimum atomic E-state index is -3.90. The summed E-state index contributed by atoms with van der Waals surface area (Å²) in [6.07, 6.45) is 0. The minimum Gasteiger partial charge on any atom is -0.398 e. The molecule has 0 fully saturated rings. The summed E-state index contributed by atoms with van der Waals surface area (Å²) in [6, 6.07) is 3.30. The lowest BCUT2D eigenvalue weighted by atomic mass is 10.2. The third-order valence-electron chi connectivity index (χ3n) is 2.57.